The van der Waals surface area contributed by atoms with E-state index in [1.54, 1.807) is 0 Å². The van der Waals surface area contributed by atoms with E-state index >= 15 is 0 Å². The van der Waals surface area contributed by atoms with Gasteiger partial charge in [0.2, 0.25) is 10.0 Å². The zero-order chi connectivity index (χ0) is 15.6. The summed E-state index contributed by atoms with van der Waals surface area (Å²) in [6.07, 6.45) is 3.65. The molecule has 1 aromatic heterocycles. The summed E-state index contributed by atoms with van der Waals surface area (Å²) in [5, 5.41) is 3.64. The topological polar surface area (TPSA) is 71.1 Å². The maximum Gasteiger partial charge on any atom is 0.242 e. The fourth-order valence-electron chi connectivity index (χ4n) is 2.59. The monoisotopic (exact) mass is 373 g/mol. The molecule has 0 radical (unpaired) electrons. The van der Waals surface area contributed by atoms with Crippen LogP contribution in [0.3, 0.4) is 0 Å². The summed E-state index contributed by atoms with van der Waals surface area (Å²) in [7, 11) is -3.62. The van der Waals surface area contributed by atoms with Gasteiger partial charge >= 0.3 is 0 Å². The highest BCUT2D eigenvalue weighted by atomic mass is 35.5. The maximum absolute atomic E-state index is 12.3. The third kappa shape index (κ3) is 4.22. The number of hydrogen-bond acceptors (Lipinski definition) is 4. The minimum atomic E-state index is -3.62. The van der Waals surface area contributed by atoms with Crippen LogP contribution in [0.1, 0.15) is 17.2 Å². The van der Waals surface area contributed by atoms with E-state index in [-0.39, 0.29) is 29.9 Å². The Hall–Kier alpha value is -1.18. The summed E-state index contributed by atoms with van der Waals surface area (Å²) in [5.74, 6) is 0. The van der Waals surface area contributed by atoms with Crippen molar-refractivity contribution < 1.29 is 8.42 Å². The molecule has 3 rings (SSSR count). The Morgan fingerprint density at radius 3 is 2.87 bits per heavy atom. The predicted octanol–water partition coefficient (Wildman–Crippen LogP) is 2.32. The molecule has 8 heteroatoms. The quantitative estimate of drug-likeness (QED) is 0.862. The average Bonchev–Trinajstić information content (AvgIpc) is 2.53. The summed E-state index contributed by atoms with van der Waals surface area (Å²) in [6.45, 7) is 1.12. The summed E-state index contributed by atoms with van der Waals surface area (Å²) in [4.78, 5) is 3.89. The molecule has 0 saturated carbocycles. The molecule has 0 aliphatic carbocycles. The summed E-state index contributed by atoms with van der Waals surface area (Å²) in [6, 6.07) is 9.43. The van der Waals surface area contributed by atoms with Crippen LogP contribution in [0, 0.1) is 0 Å². The normalized spacial score (nSPS) is 17.2. The number of benzene rings is 1. The lowest BCUT2D eigenvalue weighted by Crippen LogP contribution is -2.38. The van der Waals surface area contributed by atoms with Gasteiger partial charge in [0.05, 0.1) is 5.02 Å². The van der Waals surface area contributed by atoms with Gasteiger partial charge in [-0.05, 0) is 30.2 Å². The molecule has 0 bridgehead atoms. The SMILES string of the molecule is Cl.O=S(=O)(NCC1NCCc2ccccc21)c1cncc(Cl)c1. The van der Waals surface area contributed by atoms with Crippen LogP contribution >= 0.6 is 24.0 Å². The van der Waals surface area contributed by atoms with Gasteiger partial charge in [0, 0.05) is 25.0 Å². The number of pyridine rings is 1. The molecular weight excluding hydrogens is 357 g/mol. The molecule has 23 heavy (non-hydrogen) atoms. The molecule has 1 atom stereocenters. The molecule has 2 N–H and O–H groups in total. The van der Waals surface area contributed by atoms with Crippen LogP contribution in [0.5, 0.6) is 0 Å². The minimum Gasteiger partial charge on any atom is -0.308 e. The van der Waals surface area contributed by atoms with E-state index in [9.17, 15) is 8.42 Å². The van der Waals surface area contributed by atoms with Gasteiger partial charge in [0.15, 0.2) is 0 Å². The van der Waals surface area contributed by atoms with E-state index in [1.165, 1.54) is 24.0 Å². The number of halogens is 2. The molecule has 1 aliphatic rings. The van der Waals surface area contributed by atoms with Crippen molar-refractivity contribution in [1.82, 2.24) is 15.0 Å². The highest BCUT2D eigenvalue weighted by Gasteiger charge is 2.22. The Balaban J connectivity index is 0.00000192. The second kappa shape index (κ2) is 7.59. The molecule has 0 amide bonds. The van der Waals surface area contributed by atoms with E-state index in [1.807, 2.05) is 18.2 Å². The molecule has 124 valence electrons. The third-order valence-corrected chi connectivity index (χ3v) is 5.28. The summed E-state index contributed by atoms with van der Waals surface area (Å²) in [5.41, 5.74) is 2.40. The van der Waals surface area contributed by atoms with Crippen molar-refractivity contribution in [3.8, 4) is 0 Å². The van der Waals surface area contributed by atoms with Crippen LogP contribution in [-0.2, 0) is 16.4 Å². The smallest absolute Gasteiger partial charge is 0.242 e. The molecule has 0 fully saturated rings. The molecular formula is C15H17Cl2N3O2S. The molecule has 0 saturated heterocycles. The number of fused-ring (bicyclic) bond motifs is 1. The van der Waals surface area contributed by atoms with Crippen LogP contribution in [0.15, 0.2) is 47.6 Å². The van der Waals surface area contributed by atoms with E-state index in [4.69, 9.17) is 11.6 Å². The van der Waals surface area contributed by atoms with Crippen molar-refractivity contribution in [2.45, 2.75) is 17.4 Å². The molecule has 5 nitrogen and oxygen atoms in total. The number of hydrogen-bond donors (Lipinski definition) is 2. The number of sulfonamides is 1. The van der Waals surface area contributed by atoms with Gasteiger partial charge in [-0.15, -0.1) is 12.4 Å². The van der Waals surface area contributed by atoms with Gasteiger partial charge in [-0.1, -0.05) is 35.9 Å². The second-order valence-electron chi connectivity index (χ2n) is 5.15. The summed E-state index contributed by atoms with van der Waals surface area (Å²) < 4.78 is 27.2. The lowest BCUT2D eigenvalue weighted by atomic mass is 9.95. The Labute approximate surface area is 146 Å². The zero-order valence-electron chi connectivity index (χ0n) is 12.2. The molecule has 1 unspecified atom stereocenters. The number of aromatic nitrogens is 1. The van der Waals surface area contributed by atoms with Crippen molar-refractivity contribution >= 4 is 34.0 Å². The van der Waals surface area contributed by atoms with Crippen LogP contribution in [0.25, 0.3) is 0 Å². The van der Waals surface area contributed by atoms with Gasteiger partial charge in [-0.25, -0.2) is 13.1 Å². The van der Waals surface area contributed by atoms with E-state index in [2.05, 4.69) is 21.1 Å². The van der Waals surface area contributed by atoms with Crippen LogP contribution in [-0.4, -0.2) is 26.5 Å². The second-order valence-corrected chi connectivity index (χ2v) is 7.35. The predicted molar refractivity (Wildman–Crippen MR) is 92.6 cm³/mol. The Morgan fingerprint density at radius 1 is 1.30 bits per heavy atom. The number of nitrogens with one attached hydrogen (secondary N) is 2. The van der Waals surface area contributed by atoms with E-state index in [0.717, 1.165) is 18.5 Å². The first-order valence-electron chi connectivity index (χ1n) is 6.98. The third-order valence-electron chi connectivity index (χ3n) is 3.68. The molecule has 0 spiro atoms. The standard InChI is InChI=1S/C15H16ClN3O2S.ClH/c16-12-7-13(9-17-8-12)22(20,21)19-10-15-14-4-2-1-3-11(14)5-6-18-15;/h1-4,7-9,15,18-19H,5-6,10H2;1H. The minimum absolute atomic E-state index is 0. The van der Waals surface area contributed by atoms with Gasteiger partial charge in [0.1, 0.15) is 4.90 Å². The highest BCUT2D eigenvalue weighted by molar-refractivity contribution is 7.89. The maximum atomic E-state index is 12.3. The van der Waals surface area contributed by atoms with Gasteiger partial charge in [-0.2, -0.15) is 0 Å². The molecule has 1 aliphatic heterocycles. The van der Waals surface area contributed by atoms with Crippen molar-refractivity contribution in [1.29, 1.82) is 0 Å². The average molecular weight is 374 g/mol. The Morgan fingerprint density at radius 2 is 2.09 bits per heavy atom. The molecule has 1 aromatic carbocycles. The van der Waals surface area contributed by atoms with Gasteiger partial charge < -0.3 is 5.32 Å². The van der Waals surface area contributed by atoms with Gasteiger partial charge in [-0.3, -0.25) is 4.98 Å². The van der Waals surface area contributed by atoms with Crippen LogP contribution < -0.4 is 10.0 Å². The molecule has 2 heterocycles. The highest BCUT2D eigenvalue weighted by Crippen LogP contribution is 2.22. The summed E-state index contributed by atoms with van der Waals surface area (Å²) >= 11 is 5.80. The number of rotatable bonds is 4. The van der Waals surface area contributed by atoms with Crippen molar-refractivity contribution in [3.63, 3.8) is 0 Å². The van der Waals surface area contributed by atoms with E-state index < -0.39 is 10.0 Å². The fraction of sp³-hybridized carbons (Fsp3) is 0.267. The zero-order valence-corrected chi connectivity index (χ0v) is 14.6. The van der Waals surface area contributed by atoms with E-state index in [0.29, 0.717) is 5.02 Å². The first-order chi connectivity index (χ1) is 10.6. The largest absolute Gasteiger partial charge is 0.308 e. The Bertz CT molecular complexity index is 784. The number of nitrogens with zero attached hydrogens (tertiary/aromatic N) is 1. The van der Waals surface area contributed by atoms with Crippen LogP contribution in [0.2, 0.25) is 5.02 Å². The lowest BCUT2D eigenvalue weighted by molar-refractivity contribution is 0.491. The first-order valence-corrected chi connectivity index (χ1v) is 8.84. The first kappa shape index (κ1) is 18.2. The van der Waals surface area contributed by atoms with Crippen molar-refractivity contribution in [2.24, 2.45) is 0 Å². The van der Waals surface area contributed by atoms with Crippen LogP contribution in [0.4, 0.5) is 0 Å². The fourth-order valence-corrected chi connectivity index (χ4v) is 3.86. The van der Waals surface area contributed by atoms with Crippen molar-refractivity contribution in [2.75, 3.05) is 13.1 Å². The Kier molecular flexibility index (Phi) is 6.00. The molecule has 2 aromatic rings. The van der Waals surface area contributed by atoms with Crippen molar-refractivity contribution in [3.05, 3.63) is 58.9 Å². The van der Waals surface area contributed by atoms with Gasteiger partial charge in [0.25, 0.3) is 0 Å². The lowest BCUT2D eigenvalue weighted by Gasteiger charge is -2.27.